The second-order valence-corrected chi connectivity index (χ2v) is 8.01. The van der Waals surface area contributed by atoms with Gasteiger partial charge in [-0.05, 0) is 42.8 Å². The normalized spacial score (nSPS) is 12.9. The first-order chi connectivity index (χ1) is 14.9. The number of nitrogens with one attached hydrogen (secondary N) is 1. The van der Waals surface area contributed by atoms with Crippen molar-refractivity contribution in [3.8, 4) is 0 Å². The van der Waals surface area contributed by atoms with Gasteiger partial charge in [0.1, 0.15) is 0 Å². The van der Waals surface area contributed by atoms with Gasteiger partial charge in [0.25, 0.3) is 5.91 Å². The van der Waals surface area contributed by atoms with E-state index in [1.54, 1.807) is 30.1 Å². The van der Waals surface area contributed by atoms with Crippen molar-refractivity contribution in [1.29, 1.82) is 0 Å². The van der Waals surface area contributed by atoms with Gasteiger partial charge in [0.05, 0.1) is 17.1 Å². The Morgan fingerprint density at radius 3 is 2.58 bits per heavy atom. The minimum atomic E-state index is -4.22. The summed E-state index contributed by atoms with van der Waals surface area (Å²) in [5, 5.41) is 2.55. The van der Waals surface area contributed by atoms with Crippen LogP contribution in [0.2, 0.25) is 0 Å². The molecule has 1 aliphatic heterocycles. The molecule has 0 radical (unpaired) electrons. The third-order valence-corrected chi connectivity index (χ3v) is 5.79. The first-order valence-corrected chi connectivity index (χ1v) is 10.5. The Balaban J connectivity index is 1.63. The summed E-state index contributed by atoms with van der Waals surface area (Å²) in [6, 6.07) is 18.6. The van der Waals surface area contributed by atoms with Gasteiger partial charge in [-0.2, -0.15) is 13.2 Å². The fourth-order valence-electron chi connectivity index (χ4n) is 3.17. The molecule has 31 heavy (non-hydrogen) atoms. The second kappa shape index (κ2) is 8.93. The van der Waals surface area contributed by atoms with E-state index in [4.69, 9.17) is 4.99 Å². The molecule has 2 heterocycles. The molecule has 4 nitrogen and oxygen atoms in total. The molecule has 2 aromatic carbocycles. The topological polar surface area (TPSA) is 54.4 Å². The quantitative estimate of drug-likeness (QED) is 0.399. The highest BCUT2D eigenvalue weighted by molar-refractivity contribution is 7.99. The summed E-state index contributed by atoms with van der Waals surface area (Å²) in [7, 11) is 0. The number of fused-ring (bicyclic) bond motifs is 2. The van der Waals surface area contributed by atoms with Crippen LogP contribution in [0.1, 0.15) is 34.5 Å². The number of aromatic nitrogens is 1. The van der Waals surface area contributed by atoms with E-state index < -0.39 is 18.5 Å². The molecule has 0 spiro atoms. The Morgan fingerprint density at radius 2 is 1.81 bits per heavy atom. The highest BCUT2D eigenvalue weighted by Gasteiger charge is 2.26. The molecule has 0 atom stereocenters. The smallest absolute Gasteiger partial charge is 0.352 e. The zero-order valence-electron chi connectivity index (χ0n) is 16.3. The second-order valence-electron chi connectivity index (χ2n) is 6.93. The number of carbonyl (C=O) groups excluding carboxylic acids is 1. The number of rotatable bonds is 5. The zero-order chi connectivity index (χ0) is 21.8. The van der Waals surface area contributed by atoms with E-state index in [2.05, 4.69) is 10.3 Å². The zero-order valence-corrected chi connectivity index (χ0v) is 17.1. The van der Waals surface area contributed by atoms with Crippen LogP contribution in [0.25, 0.3) is 0 Å². The molecule has 4 rings (SSSR count). The van der Waals surface area contributed by atoms with Gasteiger partial charge < -0.3 is 5.32 Å². The molecule has 0 saturated carbocycles. The van der Waals surface area contributed by atoms with Crippen molar-refractivity contribution < 1.29 is 18.0 Å². The van der Waals surface area contributed by atoms with Crippen LogP contribution in [0.15, 0.2) is 81.6 Å². The molecule has 1 aromatic heterocycles. The number of aliphatic imine (C=N–C) groups is 1. The Kier molecular flexibility index (Phi) is 6.08. The van der Waals surface area contributed by atoms with E-state index in [-0.39, 0.29) is 13.0 Å². The maximum atomic E-state index is 12.5. The molecule has 1 amide bonds. The van der Waals surface area contributed by atoms with Crippen LogP contribution >= 0.6 is 11.8 Å². The Bertz CT molecular complexity index is 1130. The maximum Gasteiger partial charge on any atom is 0.389 e. The van der Waals surface area contributed by atoms with E-state index in [0.717, 1.165) is 15.4 Å². The van der Waals surface area contributed by atoms with Gasteiger partial charge in [-0.15, -0.1) is 0 Å². The molecular weight excluding hydrogens is 423 g/mol. The summed E-state index contributed by atoms with van der Waals surface area (Å²) in [4.78, 5) is 23.6. The molecule has 1 aliphatic rings. The molecule has 158 valence electrons. The SMILES string of the molecule is O=C(NCCCC(F)(F)F)c1ccc2c(c1)N=C(c1ccccn1)c1ccccc1S2. The molecule has 0 bridgehead atoms. The van der Waals surface area contributed by atoms with Crippen LogP contribution in [0, 0.1) is 0 Å². The summed E-state index contributed by atoms with van der Waals surface area (Å²) in [5.41, 5.74) is 3.32. The van der Waals surface area contributed by atoms with Crippen LogP contribution in [-0.4, -0.2) is 29.3 Å². The largest absolute Gasteiger partial charge is 0.389 e. The number of alkyl halides is 3. The summed E-state index contributed by atoms with van der Waals surface area (Å²) >= 11 is 1.55. The lowest BCUT2D eigenvalue weighted by atomic mass is 10.1. The predicted molar refractivity (Wildman–Crippen MR) is 114 cm³/mol. The highest BCUT2D eigenvalue weighted by atomic mass is 32.2. The van der Waals surface area contributed by atoms with E-state index in [1.807, 2.05) is 48.5 Å². The number of amides is 1. The van der Waals surface area contributed by atoms with Crippen molar-refractivity contribution >= 4 is 29.1 Å². The van der Waals surface area contributed by atoms with Gasteiger partial charge in [-0.3, -0.25) is 9.78 Å². The lowest BCUT2D eigenvalue weighted by Crippen LogP contribution is -2.25. The molecular formula is C23H18F3N3OS. The van der Waals surface area contributed by atoms with Crippen LogP contribution < -0.4 is 5.32 Å². The van der Waals surface area contributed by atoms with Crippen molar-refractivity contribution in [2.75, 3.05) is 6.54 Å². The molecule has 8 heteroatoms. The number of hydrogen-bond donors (Lipinski definition) is 1. The number of carbonyl (C=O) groups is 1. The highest BCUT2D eigenvalue weighted by Crippen LogP contribution is 2.41. The van der Waals surface area contributed by atoms with Crippen molar-refractivity contribution in [2.24, 2.45) is 4.99 Å². The average Bonchev–Trinajstić information content (AvgIpc) is 2.92. The first-order valence-electron chi connectivity index (χ1n) is 9.67. The minimum Gasteiger partial charge on any atom is -0.352 e. The van der Waals surface area contributed by atoms with Gasteiger partial charge in [0, 0.05) is 40.1 Å². The monoisotopic (exact) mass is 441 g/mol. The Hall–Kier alpha value is -3.13. The lowest BCUT2D eigenvalue weighted by molar-refractivity contribution is -0.135. The van der Waals surface area contributed by atoms with Crippen LogP contribution in [0.3, 0.4) is 0 Å². The predicted octanol–water partition coefficient (Wildman–Crippen LogP) is 5.79. The third-order valence-electron chi connectivity index (χ3n) is 4.65. The van der Waals surface area contributed by atoms with Crippen molar-refractivity contribution in [3.05, 3.63) is 83.7 Å². The van der Waals surface area contributed by atoms with E-state index in [1.165, 1.54) is 0 Å². The number of nitrogens with zero attached hydrogens (tertiary/aromatic N) is 2. The third kappa shape index (κ3) is 5.14. The molecule has 0 aliphatic carbocycles. The summed E-state index contributed by atoms with van der Waals surface area (Å²) < 4.78 is 36.9. The number of hydrogen-bond acceptors (Lipinski definition) is 4. The van der Waals surface area contributed by atoms with Crippen molar-refractivity contribution in [3.63, 3.8) is 0 Å². The standard InChI is InChI=1S/C23H18F3N3OS/c24-23(25,26)11-5-13-28-22(30)15-9-10-20-18(14-15)29-21(17-7-3-4-12-27-17)16-6-1-2-8-19(16)31-20/h1-4,6-10,12,14H,5,11,13H2,(H,28,30). The van der Waals surface area contributed by atoms with Gasteiger partial charge in [0.15, 0.2) is 0 Å². The van der Waals surface area contributed by atoms with Gasteiger partial charge >= 0.3 is 6.18 Å². The number of pyridine rings is 1. The van der Waals surface area contributed by atoms with Gasteiger partial charge in [0.2, 0.25) is 0 Å². The molecule has 0 saturated heterocycles. The average molecular weight is 441 g/mol. The molecule has 0 unspecified atom stereocenters. The van der Waals surface area contributed by atoms with Crippen LogP contribution in [-0.2, 0) is 0 Å². The van der Waals surface area contributed by atoms with E-state index >= 15 is 0 Å². The lowest BCUT2D eigenvalue weighted by Gasteiger charge is -2.09. The number of halogens is 3. The minimum absolute atomic E-state index is 0.0436. The van der Waals surface area contributed by atoms with Crippen LogP contribution in [0.5, 0.6) is 0 Å². The van der Waals surface area contributed by atoms with Crippen LogP contribution in [0.4, 0.5) is 18.9 Å². The van der Waals surface area contributed by atoms with Crippen molar-refractivity contribution in [1.82, 2.24) is 10.3 Å². The van der Waals surface area contributed by atoms with Gasteiger partial charge in [-0.1, -0.05) is 36.0 Å². The summed E-state index contributed by atoms with van der Waals surface area (Å²) in [5.74, 6) is -0.425. The first kappa shape index (κ1) is 21.1. The number of benzene rings is 2. The maximum absolute atomic E-state index is 12.5. The molecule has 1 N–H and O–H groups in total. The van der Waals surface area contributed by atoms with E-state index in [0.29, 0.717) is 22.7 Å². The fourth-order valence-corrected chi connectivity index (χ4v) is 4.18. The van der Waals surface area contributed by atoms with E-state index in [9.17, 15) is 18.0 Å². The summed E-state index contributed by atoms with van der Waals surface area (Å²) in [6.45, 7) is -0.0436. The molecule has 3 aromatic rings. The summed E-state index contributed by atoms with van der Waals surface area (Å²) in [6.07, 6.45) is -3.61. The van der Waals surface area contributed by atoms with Crippen molar-refractivity contribution in [2.45, 2.75) is 28.8 Å². The Morgan fingerprint density at radius 1 is 1.00 bits per heavy atom. The fraction of sp³-hybridized carbons (Fsp3) is 0.174. The van der Waals surface area contributed by atoms with Gasteiger partial charge in [-0.25, -0.2) is 4.99 Å². The Labute approximate surface area is 181 Å². The molecule has 0 fully saturated rings.